The number of aliphatic imine (C=N–C) groups is 1. The van der Waals surface area contributed by atoms with Crippen LogP contribution in [0.4, 0.5) is 5.69 Å². The zero-order valence-corrected chi connectivity index (χ0v) is 18.1. The Bertz CT molecular complexity index is 1310. The molecule has 2 aliphatic rings. The number of nitrogens with one attached hydrogen (secondary N) is 1. The first-order valence-electron chi connectivity index (χ1n) is 10.8. The predicted molar refractivity (Wildman–Crippen MR) is 128 cm³/mol. The van der Waals surface area contributed by atoms with Crippen LogP contribution in [0, 0.1) is 0 Å². The van der Waals surface area contributed by atoms with Gasteiger partial charge in [0.25, 0.3) is 0 Å². The molecule has 4 aromatic carbocycles. The van der Waals surface area contributed by atoms with Gasteiger partial charge >= 0.3 is 0 Å². The van der Waals surface area contributed by atoms with Crippen LogP contribution in [0.2, 0.25) is 0 Å². The van der Waals surface area contributed by atoms with Crippen LogP contribution in [0.25, 0.3) is 0 Å². The van der Waals surface area contributed by atoms with Crippen molar-refractivity contribution in [1.82, 2.24) is 0 Å². The highest BCUT2D eigenvalue weighted by Gasteiger charge is 2.41. The molecule has 2 aliphatic heterocycles. The van der Waals surface area contributed by atoms with Crippen molar-refractivity contribution >= 4 is 11.5 Å². The fourth-order valence-corrected chi connectivity index (χ4v) is 4.66. The maximum absolute atomic E-state index is 5.68. The molecule has 0 bridgehead atoms. The van der Waals surface area contributed by atoms with Gasteiger partial charge in [0.05, 0.1) is 7.11 Å². The molecule has 0 fully saturated rings. The number of methoxy groups -OCH3 is 1. The summed E-state index contributed by atoms with van der Waals surface area (Å²) >= 11 is 0. The smallest absolute Gasteiger partial charge is 0.231 e. The van der Waals surface area contributed by atoms with E-state index < -0.39 is 5.54 Å². The number of rotatable bonds is 4. The minimum atomic E-state index is -0.719. The first kappa shape index (κ1) is 19.4. The number of benzene rings is 4. The molecule has 0 aliphatic carbocycles. The fourth-order valence-electron chi connectivity index (χ4n) is 4.66. The zero-order chi connectivity index (χ0) is 22.3. The second kappa shape index (κ2) is 7.71. The van der Waals surface area contributed by atoms with E-state index in [4.69, 9.17) is 19.2 Å². The van der Waals surface area contributed by atoms with Gasteiger partial charge in [0.1, 0.15) is 11.4 Å². The fraction of sp³-hybridized carbons (Fsp3) is 0.107. The number of anilines is 1. The summed E-state index contributed by atoms with van der Waals surface area (Å²) in [5.41, 5.74) is 4.43. The quantitative estimate of drug-likeness (QED) is 0.455. The number of hydrogen-bond donors (Lipinski definition) is 1. The normalized spacial score (nSPS) is 15.2. The summed E-state index contributed by atoms with van der Waals surface area (Å²) in [4.78, 5) is 5.42. The maximum Gasteiger partial charge on any atom is 0.231 e. The minimum absolute atomic E-state index is 0.176. The number of fused-ring (bicyclic) bond motifs is 2. The van der Waals surface area contributed by atoms with Crippen LogP contribution >= 0.6 is 0 Å². The number of para-hydroxylation sites is 1. The van der Waals surface area contributed by atoms with Crippen molar-refractivity contribution in [2.24, 2.45) is 4.99 Å². The molecule has 0 spiro atoms. The van der Waals surface area contributed by atoms with Gasteiger partial charge in [0.15, 0.2) is 11.5 Å². The number of nitrogens with zero attached hydrogens (tertiary/aromatic N) is 1. The third kappa shape index (κ3) is 3.04. The lowest BCUT2D eigenvalue weighted by molar-refractivity contribution is 0.171. The van der Waals surface area contributed by atoms with Crippen molar-refractivity contribution in [1.29, 1.82) is 0 Å². The van der Waals surface area contributed by atoms with E-state index in [1.165, 1.54) is 0 Å². The Hall–Kier alpha value is -4.25. The molecule has 1 N–H and O–H groups in total. The largest absolute Gasteiger partial charge is 0.493 e. The van der Waals surface area contributed by atoms with Crippen molar-refractivity contribution in [2.45, 2.75) is 5.54 Å². The third-order valence-electron chi connectivity index (χ3n) is 6.16. The van der Waals surface area contributed by atoms with Crippen LogP contribution in [0.5, 0.6) is 17.2 Å². The summed E-state index contributed by atoms with van der Waals surface area (Å²) in [6, 6.07) is 33.1. The SMILES string of the molecule is COc1cc(C2=NC(c3ccccc3)(c3ccccc3)c3ccccc3N2)cc2c1OCO2. The van der Waals surface area contributed by atoms with E-state index in [0.29, 0.717) is 17.2 Å². The zero-order valence-electron chi connectivity index (χ0n) is 18.1. The highest BCUT2D eigenvalue weighted by Crippen LogP contribution is 2.47. The van der Waals surface area contributed by atoms with Crippen molar-refractivity contribution in [3.8, 4) is 17.2 Å². The van der Waals surface area contributed by atoms with Gasteiger partial charge in [-0.3, -0.25) is 0 Å². The molecule has 0 saturated carbocycles. The highest BCUT2D eigenvalue weighted by atomic mass is 16.7. The molecule has 4 aromatic rings. The summed E-state index contributed by atoms with van der Waals surface area (Å²) in [6.45, 7) is 0.176. The lowest BCUT2D eigenvalue weighted by Crippen LogP contribution is -2.36. The standard InChI is InChI=1S/C28H22N2O3/c1-31-24-16-19(17-25-26(24)33-18-32-25)27-29-23-15-9-8-14-22(23)28(30-27,20-10-4-2-5-11-20)21-12-6-3-7-13-21/h2-17H,18H2,1H3,(H,29,30). The molecule has 33 heavy (non-hydrogen) atoms. The lowest BCUT2D eigenvalue weighted by Gasteiger charge is -2.38. The van der Waals surface area contributed by atoms with E-state index in [2.05, 4.69) is 72.0 Å². The summed E-state index contributed by atoms with van der Waals surface area (Å²) in [5.74, 6) is 2.62. The molecule has 6 rings (SSSR count). The van der Waals surface area contributed by atoms with E-state index in [-0.39, 0.29) is 6.79 Å². The average molecular weight is 434 g/mol. The summed E-state index contributed by atoms with van der Waals surface area (Å²) in [5, 5.41) is 3.55. The van der Waals surface area contributed by atoms with E-state index >= 15 is 0 Å². The first-order valence-corrected chi connectivity index (χ1v) is 10.8. The second-order valence-electron chi connectivity index (χ2n) is 7.99. The second-order valence-corrected chi connectivity index (χ2v) is 7.99. The Morgan fingerprint density at radius 2 is 1.48 bits per heavy atom. The van der Waals surface area contributed by atoms with Crippen LogP contribution in [0.3, 0.4) is 0 Å². The molecule has 0 amide bonds. The van der Waals surface area contributed by atoms with Gasteiger partial charge < -0.3 is 19.5 Å². The van der Waals surface area contributed by atoms with Gasteiger partial charge in [0.2, 0.25) is 12.5 Å². The predicted octanol–water partition coefficient (Wildman–Crippen LogP) is 5.59. The summed E-state index contributed by atoms with van der Waals surface area (Å²) < 4.78 is 16.9. The van der Waals surface area contributed by atoms with Crippen molar-refractivity contribution in [3.63, 3.8) is 0 Å². The van der Waals surface area contributed by atoms with Crippen LogP contribution < -0.4 is 19.5 Å². The Morgan fingerprint density at radius 3 is 2.18 bits per heavy atom. The Kier molecular flexibility index (Phi) is 4.54. The van der Waals surface area contributed by atoms with Gasteiger partial charge in [-0.25, -0.2) is 4.99 Å². The monoisotopic (exact) mass is 434 g/mol. The van der Waals surface area contributed by atoms with Crippen LogP contribution in [0.1, 0.15) is 22.3 Å². The Labute approximate surface area is 192 Å². The molecule has 2 heterocycles. The van der Waals surface area contributed by atoms with Crippen LogP contribution in [-0.4, -0.2) is 19.7 Å². The van der Waals surface area contributed by atoms with Gasteiger partial charge in [-0.15, -0.1) is 0 Å². The molecule has 5 nitrogen and oxygen atoms in total. The maximum atomic E-state index is 5.68. The minimum Gasteiger partial charge on any atom is -0.493 e. The highest BCUT2D eigenvalue weighted by molar-refractivity contribution is 6.11. The summed E-state index contributed by atoms with van der Waals surface area (Å²) in [6.07, 6.45) is 0. The topological polar surface area (TPSA) is 52.1 Å². The third-order valence-corrected chi connectivity index (χ3v) is 6.16. The first-order chi connectivity index (χ1) is 16.3. The lowest BCUT2D eigenvalue weighted by atomic mass is 9.76. The van der Waals surface area contributed by atoms with E-state index in [1.807, 2.05) is 30.3 Å². The van der Waals surface area contributed by atoms with Gasteiger partial charge in [0, 0.05) is 16.8 Å². The molecular formula is C28H22N2O3. The Balaban J connectivity index is 1.65. The molecule has 0 atom stereocenters. The number of ether oxygens (including phenoxy) is 3. The molecule has 0 aromatic heterocycles. The summed E-state index contributed by atoms with van der Waals surface area (Å²) in [7, 11) is 1.63. The van der Waals surface area contributed by atoms with Crippen LogP contribution in [0.15, 0.2) is 102 Å². The van der Waals surface area contributed by atoms with Gasteiger partial charge in [-0.1, -0.05) is 78.9 Å². The van der Waals surface area contributed by atoms with E-state index in [1.54, 1.807) is 7.11 Å². The molecule has 162 valence electrons. The van der Waals surface area contributed by atoms with Gasteiger partial charge in [-0.2, -0.15) is 0 Å². The molecule has 5 heteroatoms. The number of amidine groups is 1. The van der Waals surface area contributed by atoms with Crippen molar-refractivity contribution in [2.75, 3.05) is 19.2 Å². The molecule has 0 saturated heterocycles. The molecule has 0 radical (unpaired) electrons. The average Bonchev–Trinajstić information content (AvgIpc) is 3.37. The number of hydrogen-bond acceptors (Lipinski definition) is 5. The van der Waals surface area contributed by atoms with E-state index in [9.17, 15) is 0 Å². The Morgan fingerprint density at radius 1 is 0.818 bits per heavy atom. The van der Waals surface area contributed by atoms with Gasteiger partial charge in [-0.05, 0) is 29.3 Å². The van der Waals surface area contributed by atoms with Crippen LogP contribution in [-0.2, 0) is 5.54 Å². The van der Waals surface area contributed by atoms with E-state index in [0.717, 1.165) is 33.8 Å². The molecular weight excluding hydrogens is 412 g/mol. The van der Waals surface area contributed by atoms with Crippen molar-refractivity contribution < 1.29 is 14.2 Å². The molecule has 0 unspecified atom stereocenters. The van der Waals surface area contributed by atoms with Crippen molar-refractivity contribution in [3.05, 3.63) is 119 Å².